The lowest BCUT2D eigenvalue weighted by molar-refractivity contribution is -0.384. The van der Waals surface area contributed by atoms with Gasteiger partial charge in [-0.3, -0.25) is 10.1 Å². The van der Waals surface area contributed by atoms with E-state index < -0.39 is 11.0 Å². The smallest absolute Gasteiger partial charge is 0.308 e. The minimum atomic E-state index is -0.620. The van der Waals surface area contributed by atoms with Crippen molar-refractivity contribution in [3.63, 3.8) is 0 Å². The highest BCUT2D eigenvalue weighted by atomic mass is 35.5. The third-order valence-electron chi connectivity index (χ3n) is 2.50. The lowest BCUT2D eigenvalue weighted by atomic mass is 10.3. The second kappa shape index (κ2) is 6.43. The van der Waals surface area contributed by atoms with Crippen molar-refractivity contribution in [1.82, 2.24) is 0 Å². The fourth-order valence-electron chi connectivity index (χ4n) is 1.56. The summed E-state index contributed by atoms with van der Waals surface area (Å²) in [4.78, 5) is 21.9. The lowest BCUT2D eigenvalue weighted by Gasteiger charge is -2.08. The molecule has 0 atom stereocenters. The summed E-state index contributed by atoms with van der Waals surface area (Å²) in [5, 5.41) is 16.4. The van der Waals surface area contributed by atoms with Crippen LogP contribution in [-0.4, -0.2) is 11.0 Å². The third-order valence-corrected chi connectivity index (χ3v) is 3.07. The highest BCUT2D eigenvalue weighted by molar-refractivity contribution is 6.32. The summed E-state index contributed by atoms with van der Waals surface area (Å²) in [7, 11) is 0. The molecule has 0 aliphatic carbocycles. The number of carbonyl (C=O) groups excluding carboxylic acids is 1. The van der Waals surface area contributed by atoms with Crippen LogP contribution >= 0.6 is 23.2 Å². The summed E-state index contributed by atoms with van der Waals surface area (Å²) in [6.07, 6.45) is 0. The standard InChI is InChI=1S/C13H9Cl2N3O3/c14-8-1-3-9(4-2-8)16-13(19)17-10-5-6-11(15)12(7-10)18(20)21/h1-7H,(H2,16,17,19). The summed E-state index contributed by atoms with van der Waals surface area (Å²) in [5.41, 5.74) is 0.527. The van der Waals surface area contributed by atoms with Gasteiger partial charge in [-0.2, -0.15) is 0 Å². The van der Waals surface area contributed by atoms with Crippen molar-refractivity contribution in [2.45, 2.75) is 0 Å². The first kappa shape index (κ1) is 15.1. The molecule has 0 fully saturated rings. The Morgan fingerprint density at radius 1 is 1.00 bits per heavy atom. The molecule has 0 heterocycles. The van der Waals surface area contributed by atoms with E-state index in [1.54, 1.807) is 24.3 Å². The van der Waals surface area contributed by atoms with Crippen molar-refractivity contribution in [1.29, 1.82) is 0 Å². The first-order valence-corrected chi connectivity index (χ1v) is 6.49. The predicted octanol–water partition coefficient (Wildman–Crippen LogP) is 4.55. The Hall–Kier alpha value is -2.31. The van der Waals surface area contributed by atoms with Gasteiger partial charge in [0, 0.05) is 22.5 Å². The van der Waals surface area contributed by atoms with E-state index in [9.17, 15) is 14.9 Å². The Morgan fingerprint density at radius 2 is 1.57 bits per heavy atom. The average molecular weight is 326 g/mol. The number of rotatable bonds is 3. The molecule has 2 rings (SSSR count). The van der Waals surface area contributed by atoms with Gasteiger partial charge in [-0.05, 0) is 36.4 Å². The van der Waals surface area contributed by atoms with E-state index in [0.29, 0.717) is 10.7 Å². The van der Waals surface area contributed by atoms with Gasteiger partial charge in [0.1, 0.15) is 5.02 Å². The van der Waals surface area contributed by atoms with Crippen molar-refractivity contribution in [3.05, 3.63) is 62.6 Å². The molecule has 0 unspecified atom stereocenters. The lowest BCUT2D eigenvalue weighted by Crippen LogP contribution is -2.19. The Bertz CT molecular complexity index is 690. The highest BCUT2D eigenvalue weighted by Crippen LogP contribution is 2.27. The number of hydrogen-bond donors (Lipinski definition) is 2. The van der Waals surface area contributed by atoms with Gasteiger partial charge in [-0.15, -0.1) is 0 Å². The molecule has 0 bridgehead atoms. The second-order valence-electron chi connectivity index (χ2n) is 4.01. The second-order valence-corrected chi connectivity index (χ2v) is 4.85. The van der Waals surface area contributed by atoms with E-state index in [-0.39, 0.29) is 16.4 Å². The van der Waals surface area contributed by atoms with Gasteiger partial charge in [-0.25, -0.2) is 4.79 Å². The molecule has 0 saturated heterocycles. The van der Waals surface area contributed by atoms with Gasteiger partial charge < -0.3 is 10.6 Å². The molecule has 2 amide bonds. The SMILES string of the molecule is O=C(Nc1ccc(Cl)cc1)Nc1ccc(Cl)c([N+](=O)[O-])c1. The molecule has 2 N–H and O–H groups in total. The number of hydrogen-bond acceptors (Lipinski definition) is 3. The van der Waals surface area contributed by atoms with E-state index >= 15 is 0 Å². The fraction of sp³-hybridized carbons (Fsp3) is 0. The van der Waals surface area contributed by atoms with Crippen LogP contribution in [0.4, 0.5) is 21.9 Å². The first-order valence-electron chi connectivity index (χ1n) is 5.73. The van der Waals surface area contributed by atoms with Crippen LogP contribution in [-0.2, 0) is 0 Å². The number of carbonyl (C=O) groups is 1. The number of amides is 2. The maximum absolute atomic E-state index is 11.8. The fourth-order valence-corrected chi connectivity index (χ4v) is 1.87. The van der Waals surface area contributed by atoms with Crippen molar-refractivity contribution in [3.8, 4) is 0 Å². The van der Waals surface area contributed by atoms with Gasteiger partial charge in [0.15, 0.2) is 0 Å². The molecule has 8 heteroatoms. The van der Waals surface area contributed by atoms with Gasteiger partial charge in [-0.1, -0.05) is 23.2 Å². The van der Waals surface area contributed by atoms with Crippen molar-refractivity contribution < 1.29 is 9.72 Å². The maximum atomic E-state index is 11.8. The van der Waals surface area contributed by atoms with E-state index in [1.807, 2.05) is 0 Å². The van der Waals surface area contributed by atoms with E-state index in [1.165, 1.54) is 18.2 Å². The summed E-state index contributed by atoms with van der Waals surface area (Å²) >= 11 is 11.4. The normalized spacial score (nSPS) is 10.0. The molecule has 108 valence electrons. The molecular weight excluding hydrogens is 317 g/mol. The van der Waals surface area contributed by atoms with Gasteiger partial charge in [0.2, 0.25) is 0 Å². The van der Waals surface area contributed by atoms with Crippen LogP contribution in [0.3, 0.4) is 0 Å². The summed E-state index contributed by atoms with van der Waals surface area (Å²) in [5.74, 6) is 0. The van der Waals surface area contributed by atoms with E-state index in [4.69, 9.17) is 23.2 Å². The van der Waals surface area contributed by atoms with Crippen LogP contribution in [0, 0.1) is 10.1 Å². The number of halogens is 2. The number of nitro benzene ring substituents is 1. The van der Waals surface area contributed by atoms with Crippen LogP contribution in [0.1, 0.15) is 0 Å². The number of anilines is 2. The molecule has 0 spiro atoms. The molecule has 2 aromatic carbocycles. The topological polar surface area (TPSA) is 84.3 Å². The molecule has 21 heavy (non-hydrogen) atoms. The third kappa shape index (κ3) is 4.08. The molecule has 0 aromatic heterocycles. The number of benzene rings is 2. The Balaban J connectivity index is 2.07. The maximum Gasteiger partial charge on any atom is 0.323 e. The first-order chi connectivity index (χ1) is 9.95. The van der Waals surface area contributed by atoms with Gasteiger partial charge in [0.05, 0.1) is 4.92 Å². The van der Waals surface area contributed by atoms with Crippen molar-refractivity contribution in [2.24, 2.45) is 0 Å². The van der Waals surface area contributed by atoms with E-state index in [2.05, 4.69) is 10.6 Å². The largest absolute Gasteiger partial charge is 0.323 e. The summed E-state index contributed by atoms with van der Waals surface area (Å²) in [6.45, 7) is 0. The Morgan fingerprint density at radius 3 is 2.19 bits per heavy atom. The van der Waals surface area contributed by atoms with Crippen molar-refractivity contribution >= 4 is 46.3 Å². The molecule has 0 radical (unpaired) electrons. The zero-order valence-corrected chi connectivity index (χ0v) is 12.0. The van der Waals surface area contributed by atoms with Crippen LogP contribution in [0.5, 0.6) is 0 Å². The molecular formula is C13H9Cl2N3O3. The quantitative estimate of drug-likeness (QED) is 0.641. The highest BCUT2D eigenvalue weighted by Gasteiger charge is 2.13. The predicted molar refractivity (Wildman–Crippen MR) is 82.2 cm³/mol. The zero-order valence-electron chi connectivity index (χ0n) is 10.5. The van der Waals surface area contributed by atoms with Crippen LogP contribution in [0.15, 0.2) is 42.5 Å². The van der Waals surface area contributed by atoms with Crippen LogP contribution in [0.25, 0.3) is 0 Å². The number of nitrogens with one attached hydrogen (secondary N) is 2. The summed E-state index contributed by atoms with van der Waals surface area (Å²) < 4.78 is 0. The van der Waals surface area contributed by atoms with Crippen LogP contribution < -0.4 is 10.6 Å². The van der Waals surface area contributed by atoms with Crippen molar-refractivity contribution in [2.75, 3.05) is 10.6 Å². The monoisotopic (exact) mass is 325 g/mol. The minimum absolute atomic E-state index is 0.00339. The molecule has 6 nitrogen and oxygen atoms in total. The van der Waals surface area contributed by atoms with Gasteiger partial charge in [0.25, 0.3) is 5.69 Å². The minimum Gasteiger partial charge on any atom is -0.308 e. The van der Waals surface area contributed by atoms with E-state index in [0.717, 1.165) is 0 Å². The van der Waals surface area contributed by atoms with Crippen LogP contribution in [0.2, 0.25) is 10.0 Å². The molecule has 0 aliphatic rings. The Kier molecular flexibility index (Phi) is 4.62. The molecule has 0 saturated carbocycles. The molecule has 0 aliphatic heterocycles. The number of nitrogens with zero attached hydrogens (tertiary/aromatic N) is 1. The average Bonchev–Trinajstić information content (AvgIpc) is 2.43. The number of nitro groups is 1. The summed E-state index contributed by atoms with van der Waals surface area (Å²) in [6, 6.07) is 9.99. The Labute approximate surface area is 129 Å². The van der Waals surface area contributed by atoms with Gasteiger partial charge >= 0.3 is 6.03 Å². The zero-order chi connectivity index (χ0) is 15.4. The number of urea groups is 1. The molecule has 2 aromatic rings.